The van der Waals surface area contributed by atoms with Crippen LogP contribution >= 0.6 is 0 Å². The molecule has 2 aromatic carbocycles. The molecule has 0 fully saturated rings. The lowest BCUT2D eigenvalue weighted by molar-refractivity contribution is 0.567. The third-order valence-corrected chi connectivity index (χ3v) is 8.46. The molecule has 6 nitrogen and oxygen atoms in total. The Bertz CT molecular complexity index is 1310. The van der Waals surface area contributed by atoms with E-state index >= 15 is 0 Å². The number of sulfonamides is 1. The van der Waals surface area contributed by atoms with Gasteiger partial charge in [0.25, 0.3) is 0 Å². The first-order valence-electron chi connectivity index (χ1n) is 9.18. The van der Waals surface area contributed by atoms with Crippen molar-refractivity contribution in [3.05, 3.63) is 89.2 Å². The van der Waals surface area contributed by atoms with Crippen molar-refractivity contribution in [1.29, 1.82) is 0 Å². The molecule has 1 aromatic heterocycles. The number of nitrogens with zero attached hydrogens (tertiary/aromatic N) is 1. The fourth-order valence-corrected chi connectivity index (χ4v) is 6.21. The second kappa shape index (κ2) is 8.81. The smallest absolute Gasteiger partial charge is 0.240 e. The van der Waals surface area contributed by atoms with Crippen LogP contribution in [0.15, 0.2) is 70.7 Å². The minimum Gasteiger partial charge on any atom is -0.264 e. The van der Waals surface area contributed by atoms with Gasteiger partial charge in [-0.15, -0.1) is 0 Å². The highest BCUT2D eigenvalue weighted by Gasteiger charge is 2.31. The number of halogens is 2. The topological polar surface area (TPSA) is 93.2 Å². The fourth-order valence-electron chi connectivity index (χ4n) is 3.11. The van der Waals surface area contributed by atoms with Gasteiger partial charge >= 0.3 is 0 Å². The summed E-state index contributed by atoms with van der Waals surface area (Å²) in [6, 6.07) is 9.64. The molecule has 1 atom stereocenters. The van der Waals surface area contributed by atoms with E-state index in [1.165, 1.54) is 44.4 Å². The molecule has 0 radical (unpaired) electrons. The minimum absolute atomic E-state index is 0.141. The van der Waals surface area contributed by atoms with E-state index < -0.39 is 43.3 Å². The number of sulfone groups is 1. The van der Waals surface area contributed by atoms with E-state index in [1.54, 1.807) is 0 Å². The molecule has 0 amide bonds. The quantitative estimate of drug-likeness (QED) is 0.538. The highest BCUT2D eigenvalue weighted by molar-refractivity contribution is 7.92. The van der Waals surface area contributed by atoms with Crippen molar-refractivity contribution in [2.45, 2.75) is 28.9 Å². The zero-order valence-corrected chi connectivity index (χ0v) is 18.3. The van der Waals surface area contributed by atoms with E-state index in [4.69, 9.17) is 0 Å². The van der Waals surface area contributed by atoms with Crippen LogP contribution in [0.5, 0.6) is 0 Å². The van der Waals surface area contributed by atoms with Gasteiger partial charge < -0.3 is 0 Å². The van der Waals surface area contributed by atoms with Crippen molar-refractivity contribution in [2.24, 2.45) is 0 Å². The molecule has 0 aliphatic rings. The van der Waals surface area contributed by atoms with Crippen LogP contribution in [0, 0.1) is 25.5 Å². The largest absolute Gasteiger partial charge is 0.264 e. The van der Waals surface area contributed by atoms with Gasteiger partial charge in [-0.1, -0.05) is 6.07 Å². The average molecular weight is 467 g/mol. The van der Waals surface area contributed by atoms with Gasteiger partial charge in [0.05, 0.1) is 9.79 Å². The van der Waals surface area contributed by atoms with E-state index in [0.29, 0.717) is 0 Å². The van der Waals surface area contributed by atoms with Crippen LogP contribution in [0.2, 0.25) is 0 Å². The van der Waals surface area contributed by atoms with Crippen molar-refractivity contribution >= 4 is 19.9 Å². The van der Waals surface area contributed by atoms with Gasteiger partial charge in [0, 0.05) is 18.9 Å². The first-order valence-corrected chi connectivity index (χ1v) is 12.2. The molecule has 3 aromatic rings. The van der Waals surface area contributed by atoms with Gasteiger partial charge in [-0.25, -0.2) is 30.3 Å². The van der Waals surface area contributed by atoms with Gasteiger partial charge in [-0.2, -0.15) is 0 Å². The maximum atomic E-state index is 13.6. The van der Waals surface area contributed by atoms with Crippen LogP contribution < -0.4 is 4.72 Å². The van der Waals surface area contributed by atoms with Crippen molar-refractivity contribution in [2.75, 3.05) is 6.54 Å². The summed E-state index contributed by atoms with van der Waals surface area (Å²) >= 11 is 0. The Morgan fingerprint density at radius 3 is 2.32 bits per heavy atom. The van der Waals surface area contributed by atoms with E-state index in [9.17, 15) is 25.6 Å². The van der Waals surface area contributed by atoms with Crippen LogP contribution in [-0.2, 0) is 19.9 Å². The lowest BCUT2D eigenvalue weighted by Gasteiger charge is -2.19. The standard InChI is InChI=1S/C21H20F2N2O4S2/c1-14-11-18(6-7-19(14)23)30(26,27)21(16-4-3-9-24-12-16)13-25-31(28,29)20-8-5-17(22)10-15(20)2/h3-12,21,25H,13H2,1-2H3. The van der Waals surface area contributed by atoms with Gasteiger partial charge in [0.15, 0.2) is 9.84 Å². The monoisotopic (exact) mass is 466 g/mol. The van der Waals surface area contributed by atoms with Crippen LogP contribution in [0.4, 0.5) is 8.78 Å². The number of hydrogen-bond acceptors (Lipinski definition) is 5. The number of rotatable bonds is 7. The van der Waals surface area contributed by atoms with Gasteiger partial charge in [-0.05, 0) is 73.0 Å². The Balaban J connectivity index is 2.00. The Morgan fingerprint density at radius 1 is 0.968 bits per heavy atom. The zero-order valence-electron chi connectivity index (χ0n) is 16.7. The number of aryl methyl sites for hydroxylation is 2. The van der Waals surface area contributed by atoms with Crippen LogP contribution in [0.3, 0.4) is 0 Å². The second-order valence-corrected chi connectivity index (χ2v) is 10.9. The summed E-state index contributed by atoms with van der Waals surface area (Å²) in [6.07, 6.45) is 2.79. The summed E-state index contributed by atoms with van der Waals surface area (Å²) < 4.78 is 81.5. The molecule has 1 heterocycles. The Kier molecular flexibility index (Phi) is 6.54. The second-order valence-electron chi connectivity index (χ2n) is 6.99. The van der Waals surface area contributed by atoms with E-state index in [-0.39, 0.29) is 26.5 Å². The number of nitrogens with one attached hydrogen (secondary N) is 1. The number of hydrogen-bond donors (Lipinski definition) is 1. The molecule has 0 aliphatic heterocycles. The molecule has 3 rings (SSSR count). The predicted octanol–water partition coefficient (Wildman–Crippen LogP) is 3.47. The highest BCUT2D eigenvalue weighted by atomic mass is 32.2. The first kappa shape index (κ1) is 23.0. The van der Waals surface area contributed by atoms with Gasteiger partial charge in [0.2, 0.25) is 10.0 Å². The molecule has 164 valence electrons. The zero-order chi connectivity index (χ0) is 22.8. The van der Waals surface area contributed by atoms with Crippen molar-refractivity contribution in [1.82, 2.24) is 9.71 Å². The Hall–Kier alpha value is -2.69. The molecule has 0 spiro atoms. The lowest BCUT2D eigenvalue weighted by Crippen LogP contribution is -2.32. The number of aromatic nitrogens is 1. The minimum atomic E-state index is -4.13. The molecule has 0 saturated carbocycles. The molecule has 10 heteroatoms. The van der Waals surface area contributed by atoms with E-state index in [1.807, 2.05) is 0 Å². The third-order valence-electron chi connectivity index (χ3n) is 4.77. The fraction of sp³-hybridized carbons (Fsp3) is 0.190. The number of pyridine rings is 1. The predicted molar refractivity (Wildman–Crippen MR) is 112 cm³/mol. The Morgan fingerprint density at radius 2 is 1.71 bits per heavy atom. The molecule has 0 bridgehead atoms. The SMILES string of the molecule is Cc1cc(S(=O)(=O)C(CNS(=O)(=O)c2ccc(F)cc2C)c2cccnc2)ccc1F. The molecular formula is C21H20F2N2O4S2. The van der Waals surface area contributed by atoms with Crippen LogP contribution in [-0.4, -0.2) is 28.4 Å². The van der Waals surface area contributed by atoms with Gasteiger partial charge in [-0.3, -0.25) is 4.98 Å². The van der Waals surface area contributed by atoms with Gasteiger partial charge in [0.1, 0.15) is 16.9 Å². The molecule has 1 N–H and O–H groups in total. The highest BCUT2D eigenvalue weighted by Crippen LogP contribution is 2.30. The van der Waals surface area contributed by atoms with Crippen molar-refractivity contribution in [3.8, 4) is 0 Å². The average Bonchev–Trinajstić information content (AvgIpc) is 2.70. The summed E-state index contributed by atoms with van der Waals surface area (Å²) in [5.41, 5.74) is 0.596. The van der Waals surface area contributed by atoms with Crippen LogP contribution in [0.1, 0.15) is 21.9 Å². The summed E-state index contributed by atoms with van der Waals surface area (Å²) in [5, 5.41) is -1.32. The van der Waals surface area contributed by atoms with E-state index in [2.05, 4.69) is 9.71 Å². The molecule has 0 saturated heterocycles. The number of benzene rings is 2. The van der Waals surface area contributed by atoms with Crippen LogP contribution in [0.25, 0.3) is 0 Å². The molecule has 31 heavy (non-hydrogen) atoms. The van der Waals surface area contributed by atoms with E-state index in [0.717, 1.165) is 30.3 Å². The molecule has 0 aliphatic carbocycles. The molecular weight excluding hydrogens is 446 g/mol. The maximum Gasteiger partial charge on any atom is 0.240 e. The Labute approximate surface area is 179 Å². The third kappa shape index (κ3) is 4.97. The van der Waals surface area contributed by atoms with Crippen molar-refractivity contribution in [3.63, 3.8) is 0 Å². The normalized spacial score (nSPS) is 13.2. The molecule has 1 unspecified atom stereocenters. The summed E-state index contributed by atoms with van der Waals surface area (Å²) in [6.45, 7) is 2.38. The maximum absolute atomic E-state index is 13.6. The summed E-state index contributed by atoms with van der Waals surface area (Å²) in [4.78, 5) is 3.63. The summed E-state index contributed by atoms with van der Waals surface area (Å²) in [5.74, 6) is -1.14. The van der Waals surface area contributed by atoms with Crippen molar-refractivity contribution < 1.29 is 25.6 Å². The summed E-state index contributed by atoms with van der Waals surface area (Å²) in [7, 11) is -8.24. The lowest BCUT2D eigenvalue weighted by atomic mass is 10.2. The first-order chi connectivity index (χ1) is 14.5.